The molecule has 2 aromatic heterocycles. The van der Waals surface area contributed by atoms with Crippen LogP contribution in [0.15, 0.2) is 54.6 Å². The average molecular weight is 404 g/mol. The highest BCUT2D eigenvalue weighted by Crippen LogP contribution is 2.35. The SMILES string of the molecule is CCc1cc2c(Nc3ccc4c(c3)OCCO4)nc(Cc3ccccc3)nc2s1. The first-order valence-corrected chi connectivity index (χ1v) is 10.6. The van der Waals surface area contributed by atoms with Crippen molar-refractivity contribution in [1.82, 2.24) is 9.97 Å². The van der Waals surface area contributed by atoms with Crippen molar-refractivity contribution in [3.8, 4) is 11.5 Å². The summed E-state index contributed by atoms with van der Waals surface area (Å²) in [4.78, 5) is 12.0. The summed E-state index contributed by atoms with van der Waals surface area (Å²) in [6, 6.07) is 18.4. The van der Waals surface area contributed by atoms with Crippen molar-refractivity contribution >= 4 is 33.1 Å². The van der Waals surface area contributed by atoms with Gasteiger partial charge in [0, 0.05) is 23.1 Å². The van der Waals surface area contributed by atoms with E-state index in [-0.39, 0.29) is 0 Å². The van der Waals surface area contributed by atoms with Crippen LogP contribution in [0.25, 0.3) is 10.2 Å². The molecule has 0 fully saturated rings. The average Bonchev–Trinajstić information content (AvgIpc) is 3.18. The number of hydrogen-bond acceptors (Lipinski definition) is 6. The van der Waals surface area contributed by atoms with Gasteiger partial charge in [-0.3, -0.25) is 0 Å². The highest BCUT2D eigenvalue weighted by atomic mass is 32.1. The summed E-state index contributed by atoms with van der Waals surface area (Å²) in [7, 11) is 0. The molecule has 0 atom stereocenters. The number of anilines is 2. The summed E-state index contributed by atoms with van der Waals surface area (Å²) in [5.74, 6) is 3.18. The molecule has 0 aliphatic carbocycles. The second-order valence-electron chi connectivity index (χ2n) is 6.92. The van der Waals surface area contributed by atoms with E-state index in [0.29, 0.717) is 19.6 Å². The van der Waals surface area contributed by atoms with Crippen LogP contribution in [0, 0.1) is 0 Å². The van der Waals surface area contributed by atoms with Crippen LogP contribution in [0.5, 0.6) is 11.5 Å². The van der Waals surface area contributed by atoms with E-state index in [9.17, 15) is 0 Å². The fourth-order valence-corrected chi connectivity index (χ4v) is 4.39. The van der Waals surface area contributed by atoms with Crippen molar-refractivity contribution in [2.45, 2.75) is 19.8 Å². The van der Waals surface area contributed by atoms with E-state index in [2.05, 4.69) is 30.4 Å². The van der Waals surface area contributed by atoms with Gasteiger partial charge < -0.3 is 14.8 Å². The highest BCUT2D eigenvalue weighted by molar-refractivity contribution is 7.18. The molecule has 0 saturated carbocycles. The first-order valence-electron chi connectivity index (χ1n) is 9.78. The summed E-state index contributed by atoms with van der Waals surface area (Å²) in [6.07, 6.45) is 1.68. The van der Waals surface area contributed by atoms with E-state index in [1.807, 2.05) is 36.4 Å². The van der Waals surface area contributed by atoms with Crippen LogP contribution < -0.4 is 14.8 Å². The fourth-order valence-electron chi connectivity index (χ4n) is 3.40. The first kappa shape index (κ1) is 17.9. The molecule has 6 heteroatoms. The van der Waals surface area contributed by atoms with Crippen LogP contribution in [-0.4, -0.2) is 23.2 Å². The van der Waals surface area contributed by atoms with E-state index >= 15 is 0 Å². The molecule has 0 unspecified atom stereocenters. The van der Waals surface area contributed by atoms with Crippen molar-refractivity contribution in [2.24, 2.45) is 0 Å². The van der Waals surface area contributed by atoms with Gasteiger partial charge in [-0.1, -0.05) is 37.3 Å². The number of benzene rings is 2. The lowest BCUT2D eigenvalue weighted by molar-refractivity contribution is 0.171. The third-order valence-electron chi connectivity index (χ3n) is 4.85. The van der Waals surface area contributed by atoms with E-state index in [1.165, 1.54) is 10.4 Å². The molecule has 1 aliphatic rings. The molecule has 1 aliphatic heterocycles. The van der Waals surface area contributed by atoms with Crippen molar-refractivity contribution in [2.75, 3.05) is 18.5 Å². The Hall–Kier alpha value is -3.12. The number of nitrogens with one attached hydrogen (secondary N) is 1. The Morgan fingerprint density at radius 2 is 1.79 bits per heavy atom. The molecule has 4 aromatic rings. The number of nitrogens with zero attached hydrogens (tertiary/aromatic N) is 2. The summed E-state index contributed by atoms with van der Waals surface area (Å²) in [6.45, 7) is 3.32. The molecule has 0 bridgehead atoms. The predicted octanol–water partition coefficient (Wildman–Crippen LogP) is 5.36. The lowest BCUT2D eigenvalue weighted by Crippen LogP contribution is -2.15. The second-order valence-corrected chi connectivity index (χ2v) is 8.03. The normalized spacial score (nSPS) is 12.9. The monoisotopic (exact) mass is 403 g/mol. The highest BCUT2D eigenvalue weighted by Gasteiger charge is 2.15. The Morgan fingerprint density at radius 3 is 2.62 bits per heavy atom. The van der Waals surface area contributed by atoms with Gasteiger partial charge in [0.2, 0.25) is 0 Å². The molecule has 5 nitrogen and oxygen atoms in total. The van der Waals surface area contributed by atoms with E-state index in [4.69, 9.17) is 19.4 Å². The third kappa shape index (κ3) is 3.76. The Bertz CT molecular complexity index is 1160. The van der Waals surface area contributed by atoms with Gasteiger partial charge in [-0.15, -0.1) is 11.3 Å². The maximum atomic E-state index is 5.72. The van der Waals surface area contributed by atoms with Crippen LogP contribution in [0.1, 0.15) is 23.2 Å². The quantitative estimate of drug-likeness (QED) is 0.486. The zero-order chi connectivity index (χ0) is 19.6. The zero-order valence-electron chi connectivity index (χ0n) is 16.1. The molecule has 0 radical (unpaired) electrons. The van der Waals surface area contributed by atoms with Crippen molar-refractivity contribution in [3.05, 3.63) is 70.9 Å². The van der Waals surface area contributed by atoms with Gasteiger partial charge in [0.15, 0.2) is 11.5 Å². The van der Waals surface area contributed by atoms with Gasteiger partial charge >= 0.3 is 0 Å². The summed E-state index contributed by atoms with van der Waals surface area (Å²) >= 11 is 1.73. The Kier molecular flexibility index (Phi) is 4.77. The number of ether oxygens (including phenoxy) is 2. The van der Waals surface area contributed by atoms with Crippen LogP contribution in [0.4, 0.5) is 11.5 Å². The summed E-state index contributed by atoms with van der Waals surface area (Å²) < 4.78 is 11.3. The smallest absolute Gasteiger partial charge is 0.163 e. The maximum absolute atomic E-state index is 5.72. The Balaban J connectivity index is 1.53. The van der Waals surface area contributed by atoms with Crippen molar-refractivity contribution in [3.63, 3.8) is 0 Å². The molecule has 146 valence electrons. The van der Waals surface area contributed by atoms with E-state index in [1.54, 1.807) is 11.3 Å². The first-order chi connectivity index (χ1) is 14.3. The predicted molar refractivity (Wildman–Crippen MR) is 117 cm³/mol. The standard InChI is InChI=1S/C23H21N3O2S/c1-2-17-14-18-22(24-16-8-9-19-20(13-16)28-11-10-27-19)25-21(26-23(18)29-17)12-15-6-4-3-5-7-15/h3-9,13-14H,2,10-12H2,1H3,(H,24,25,26). The molecule has 5 rings (SSSR count). The van der Waals surface area contributed by atoms with Gasteiger partial charge in [0.25, 0.3) is 0 Å². The molecule has 3 heterocycles. The fraction of sp³-hybridized carbons (Fsp3) is 0.217. The van der Waals surface area contributed by atoms with Crippen LogP contribution in [0.2, 0.25) is 0 Å². The van der Waals surface area contributed by atoms with E-state index < -0.39 is 0 Å². The lowest BCUT2D eigenvalue weighted by Gasteiger charge is -2.19. The van der Waals surface area contributed by atoms with E-state index in [0.717, 1.165) is 45.5 Å². The molecular weight excluding hydrogens is 382 g/mol. The Labute approximate surface area is 173 Å². The molecule has 29 heavy (non-hydrogen) atoms. The maximum Gasteiger partial charge on any atom is 0.163 e. The zero-order valence-corrected chi connectivity index (χ0v) is 17.0. The lowest BCUT2D eigenvalue weighted by atomic mass is 10.1. The third-order valence-corrected chi connectivity index (χ3v) is 6.02. The number of thiophene rings is 1. The second kappa shape index (κ2) is 7.72. The van der Waals surface area contributed by atoms with Crippen LogP contribution >= 0.6 is 11.3 Å². The largest absolute Gasteiger partial charge is 0.486 e. The number of aromatic nitrogens is 2. The van der Waals surface area contributed by atoms with Crippen molar-refractivity contribution < 1.29 is 9.47 Å². The van der Waals surface area contributed by atoms with Crippen molar-refractivity contribution in [1.29, 1.82) is 0 Å². The summed E-state index contributed by atoms with van der Waals surface area (Å²) in [5.41, 5.74) is 2.12. The molecule has 0 amide bonds. The van der Waals surface area contributed by atoms with Gasteiger partial charge in [0.05, 0.1) is 5.39 Å². The van der Waals surface area contributed by atoms with Crippen LogP contribution in [0.3, 0.4) is 0 Å². The topological polar surface area (TPSA) is 56.3 Å². The van der Waals surface area contributed by atoms with Crippen LogP contribution in [-0.2, 0) is 12.8 Å². The minimum atomic E-state index is 0.569. The van der Waals surface area contributed by atoms with Gasteiger partial charge in [0.1, 0.15) is 29.7 Å². The minimum Gasteiger partial charge on any atom is -0.486 e. The number of rotatable bonds is 5. The van der Waals surface area contributed by atoms with Gasteiger partial charge in [-0.25, -0.2) is 9.97 Å². The van der Waals surface area contributed by atoms with Gasteiger partial charge in [-0.2, -0.15) is 0 Å². The molecule has 0 spiro atoms. The number of aryl methyl sites for hydroxylation is 1. The molecule has 1 N–H and O–H groups in total. The Morgan fingerprint density at radius 1 is 0.966 bits per heavy atom. The molecule has 2 aromatic carbocycles. The number of fused-ring (bicyclic) bond motifs is 2. The summed E-state index contributed by atoms with van der Waals surface area (Å²) in [5, 5.41) is 4.53. The molecular formula is C23H21N3O2S. The number of hydrogen-bond donors (Lipinski definition) is 1. The molecule has 0 saturated heterocycles. The van der Waals surface area contributed by atoms with Gasteiger partial charge in [-0.05, 0) is 30.2 Å². The minimum absolute atomic E-state index is 0.569.